The molecule has 0 aromatic carbocycles. The quantitative estimate of drug-likeness (QED) is 0.662. The fraction of sp³-hybridized carbons (Fsp3) is 0.923. The van der Waals surface area contributed by atoms with Gasteiger partial charge in [0.25, 0.3) is 0 Å². The molecule has 0 aliphatic heterocycles. The average molecular weight is 242 g/mol. The molecule has 0 spiro atoms. The summed E-state index contributed by atoms with van der Waals surface area (Å²) >= 11 is 0. The van der Waals surface area contributed by atoms with Crippen molar-refractivity contribution in [2.75, 3.05) is 26.7 Å². The van der Waals surface area contributed by atoms with Crippen molar-refractivity contribution >= 4 is 5.91 Å². The Morgan fingerprint density at radius 3 is 2.76 bits per heavy atom. The average Bonchev–Trinajstić information content (AvgIpc) is 2.34. The predicted octanol–water partition coefficient (Wildman–Crippen LogP) is 1.31. The maximum absolute atomic E-state index is 11.3. The minimum atomic E-state index is 0.0969. The number of carbonyl (C=O) groups is 1. The highest BCUT2D eigenvalue weighted by Crippen LogP contribution is 2.25. The zero-order valence-corrected chi connectivity index (χ0v) is 11.1. The maximum atomic E-state index is 11.3. The third-order valence-corrected chi connectivity index (χ3v) is 3.39. The molecule has 0 saturated heterocycles. The van der Waals surface area contributed by atoms with E-state index in [1.54, 1.807) is 0 Å². The molecule has 1 aliphatic carbocycles. The Morgan fingerprint density at radius 1 is 1.29 bits per heavy atom. The van der Waals surface area contributed by atoms with Crippen LogP contribution in [0.5, 0.6) is 0 Å². The van der Waals surface area contributed by atoms with Crippen LogP contribution in [0.4, 0.5) is 0 Å². The lowest BCUT2D eigenvalue weighted by Crippen LogP contribution is -2.32. The first-order valence-electron chi connectivity index (χ1n) is 6.77. The van der Waals surface area contributed by atoms with Gasteiger partial charge in [0.05, 0.1) is 12.7 Å². The lowest BCUT2D eigenvalue weighted by atomic mass is 9.88. The summed E-state index contributed by atoms with van der Waals surface area (Å²) in [5.74, 6) is 0.767. The van der Waals surface area contributed by atoms with E-state index in [0.717, 1.165) is 6.54 Å². The summed E-state index contributed by atoms with van der Waals surface area (Å²) in [7, 11) is 1.85. The van der Waals surface area contributed by atoms with Crippen molar-refractivity contribution < 1.29 is 9.53 Å². The molecule has 2 N–H and O–H groups in total. The van der Waals surface area contributed by atoms with Gasteiger partial charge in [0.2, 0.25) is 5.91 Å². The maximum Gasteiger partial charge on any atom is 0.221 e. The standard InChI is InChI=1S/C13H26N2O2/c1-11-5-3-4-6-12(11)17-10-9-15-13(16)7-8-14-2/h11-12,14H,3-10H2,1-2H3,(H,15,16). The molecule has 2 atom stereocenters. The second-order valence-corrected chi connectivity index (χ2v) is 4.87. The van der Waals surface area contributed by atoms with Crippen molar-refractivity contribution in [3.05, 3.63) is 0 Å². The fourth-order valence-corrected chi connectivity index (χ4v) is 2.26. The Kier molecular flexibility index (Phi) is 7.21. The van der Waals surface area contributed by atoms with Crippen molar-refractivity contribution in [3.8, 4) is 0 Å². The molecule has 0 aromatic heterocycles. The largest absolute Gasteiger partial charge is 0.376 e. The molecule has 0 radical (unpaired) electrons. The van der Waals surface area contributed by atoms with Crippen LogP contribution in [0, 0.1) is 5.92 Å². The number of rotatable bonds is 7. The summed E-state index contributed by atoms with van der Waals surface area (Å²) in [5.41, 5.74) is 0. The Morgan fingerprint density at radius 2 is 2.06 bits per heavy atom. The number of hydrogen-bond acceptors (Lipinski definition) is 3. The van der Waals surface area contributed by atoms with Crippen molar-refractivity contribution in [2.24, 2.45) is 5.92 Å². The summed E-state index contributed by atoms with van der Waals surface area (Å²) in [5, 5.41) is 5.82. The van der Waals surface area contributed by atoms with E-state index in [-0.39, 0.29) is 5.91 Å². The molecular formula is C13H26N2O2. The van der Waals surface area contributed by atoms with E-state index in [1.807, 2.05) is 7.05 Å². The smallest absolute Gasteiger partial charge is 0.221 e. The minimum absolute atomic E-state index is 0.0969. The Balaban J connectivity index is 2.01. The highest BCUT2D eigenvalue weighted by atomic mass is 16.5. The molecule has 0 aromatic rings. The third-order valence-electron chi connectivity index (χ3n) is 3.39. The topological polar surface area (TPSA) is 50.4 Å². The van der Waals surface area contributed by atoms with E-state index in [4.69, 9.17) is 4.74 Å². The Hall–Kier alpha value is -0.610. The van der Waals surface area contributed by atoms with Crippen molar-refractivity contribution in [2.45, 2.75) is 45.1 Å². The van der Waals surface area contributed by atoms with Crippen LogP contribution in [0.2, 0.25) is 0 Å². The molecule has 1 saturated carbocycles. The lowest BCUT2D eigenvalue weighted by molar-refractivity contribution is -0.121. The molecule has 0 bridgehead atoms. The number of ether oxygens (including phenoxy) is 1. The summed E-state index contributed by atoms with van der Waals surface area (Å²) < 4.78 is 5.82. The summed E-state index contributed by atoms with van der Waals surface area (Å²) in [6.45, 7) is 4.26. The molecule has 1 aliphatic rings. The monoisotopic (exact) mass is 242 g/mol. The molecule has 4 heteroatoms. The number of nitrogens with one attached hydrogen (secondary N) is 2. The Bertz CT molecular complexity index is 221. The van der Waals surface area contributed by atoms with E-state index in [1.165, 1.54) is 25.7 Å². The van der Waals surface area contributed by atoms with Gasteiger partial charge in [-0.05, 0) is 25.8 Å². The van der Waals surface area contributed by atoms with Gasteiger partial charge in [-0.15, -0.1) is 0 Å². The second kappa shape index (κ2) is 8.48. The SMILES string of the molecule is CNCCC(=O)NCCOC1CCCCC1C. The van der Waals surface area contributed by atoms with Gasteiger partial charge < -0.3 is 15.4 Å². The first-order chi connectivity index (χ1) is 8.24. The van der Waals surface area contributed by atoms with Crippen LogP contribution in [-0.2, 0) is 9.53 Å². The van der Waals surface area contributed by atoms with Crippen molar-refractivity contribution in [3.63, 3.8) is 0 Å². The fourth-order valence-electron chi connectivity index (χ4n) is 2.26. The molecule has 0 heterocycles. The molecule has 17 heavy (non-hydrogen) atoms. The molecule has 1 fully saturated rings. The second-order valence-electron chi connectivity index (χ2n) is 4.87. The van der Waals surface area contributed by atoms with Crippen molar-refractivity contribution in [1.82, 2.24) is 10.6 Å². The first-order valence-corrected chi connectivity index (χ1v) is 6.77. The van der Waals surface area contributed by atoms with Gasteiger partial charge in [-0.2, -0.15) is 0 Å². The van der Waals surface area contributed by atoms with E-state index in [9.17, 15) is 4.79 Å². The van der Waals surface area contributed by atoms with E-state index >= 15 is 0 Å². The van der Waals surface area contributed by atoms with Gasteiger partial charge in [0, 0.05) is 19.5 Å². The molecule has 1 rings (SSSR count). The predicted molar refractivity (Wildman–Crippen MR) is 68.9 cm³/mol. The van der Waals surface area contributed by atoms with Crippen molar-refractivity contribution in [1.29, 1.82) is 0 Å². The van der Waals surface area contributed by atoms with Gasteiger partial charge in [0.1, 0.15) is 0 Å². The molecule has 1 amide bonds. The van der Waals surface area contributed by atoms with Gasteiger partial charge >= 0.3 is 0 Å². The Labute approximate surface area is 104 Å². The normalized spacial score (nSPS) is 24.6. The van der Waals surface area contributed by atoms with Gasteiger partial charge in [-0.1, -0.05) is 19.8 Å². The summed E-state index contributed by atoms with van der Waals surface area (Å²) in [6, 6.07) is 0. The van der Waals surface area contributed by atoms with E-state index < -0.39 is 0 Å². The van der Waals surface area contributed by atoms with Crippen LogP contribution >= 0.6 is 0 Å². The lowest BCUT2D eigenvalue weighted by Gasteiger charge is -2.28. The summed E-state index contributed by atoms with van der Waals surface area (Å²) in [4.78, 5) is 11.3. The number of hydrogen-bond donors (Lipinski definition) is 2. The molecule has 2 unspecified atom stereocenters. The zero-order valence-electron chi connectivity index (χ0n) is 11.1. The van der Waals surface area contributed by atoms with Crippen LogP contribution in [0.3, 0.4) is 0 Å². The van der Waals surface area contributed by atoms with E-state index in [0.29, 0.717) is 31.6 Å². The third kappa shape index (κ3) is 6.03. The van der Waals surface area contributed by atoms with Gasteiger partial charge in [0.15, 0.2) is 0 Å². The molecule has 100 valence electrons. The van der Waals surface area contributed by atoms with Crippen LogP contribution in [0.25, 0.3) is 0 Å². The number of amides is 1. The van der Waals surface area contributed by atoms with Crippen LogP contribution < -0.4 is 10.6 Å². The zero-order chi connectivity index (χ0) is 12.5. The van der Waals surface area contributed by atoms with Crippen LogP contribution in [0.1, 0.15) is 39.0 Å². The molecular weight excluding hydrogens is 216 g/mol. The van der Waals surface area contributed by atoms with Gasteiger partial charge in [-0.3, -0.25) is 4.79 Å². The summed E-state index contributed by atoms with van der Waals surface area (Å²) in [6.07, 6.45) is 6.01. The van der Waals surface area contributed by atoms with E-state index in [2.05, 4.69) is 17.6 Å². The highest BCUT2D eigenvalue weighted by Gasteiger charge is 2.21. The molecule has 4 nitrogen and oxygen atoms in total. The number of carbonyl (C=O) groups excluding carboxylic acids is 1. The van der Waals surface area contributed by atoms with Crippen LogP contribution in [0.15, 0.2) is 0 Å². The minimum Gasteiger partial charge on any atom is -0.376 e. The first kappa shape index (κ1) is 14.5. The van der Waals surface area contributed by atoms with Crippen LogP contribution in [-0.4, -0.2) is 38.8 Å². The highest BCUT2D eigenvalue weighted by molar-refractivity contribution is 5.75. The van der Waals surface area contributed by atoms with Gasteiger partial charge in [-0.25, -0.2) is 0 Å².